The third-order valence-electron chi connectivity index (χ3n) is 3.34. The van der Waals surface area contributed by atoms with Crippen LogP contribution in [0.1, 0.15) is 11.5 Å². The Bertz CT molecular complexity index is 596. The number of benzene rings is 1. The molecule has 0 saturated heterocycles. The van der Waals surface area contributed by atoms with Gasteiger partial charge in [-0.3, -0.25) is 4.90 Å². The van der Waals surface area contributed by atoms with Gasteiger partial charge in [-0.1, -0.05) is 18.2 Å². The largest absolute Gasteiger partial charge is 0.492 e. The van der Waals surface area contributed by atoms with E-state index in [2.05, 4.69) is 4.90 Å². The number of hydrogen-bond acceptors (Lipinski definition) is 4. The monoisotopic (exact) mass is 297 g/mol. The number of rotatable bonds is 8. The first-order valence-corrected chi connectivity index (χ1v) is 7.35. The van der Waals surface area contributed by atoms with E-state index in [0.29, 0.717) is 6.61 Å². The molecule has 0 amide bonds. The Hall–Kier alpha value is -2.46. The average molecular weight is 297 g/mol. The molecule has 0 spiro atoms. The van der Waals surface area contributed by atoms with Crippen molar-refractivity contribution >= 4 is 0 Å². The van der Waals surface area contributed by atoms with Gasteiger partial charge in [-0.2, -0.15) is 0 Å². The molecule has 3 rings (SSSR count). The van der Waals surface area contributed by atoms with Gasteiger partial charge in [-0.25, -0.2) is 0 Å². The van der Waals surface area contributed by atoms with E-state index in [-0.39, 0.29) is 0 Å². The first-order valence-electron chi connectivity index (χ1n) is 7.35. The van der Waals surface area contributed by atoms with Gasteiger partial charge in [0.1, 0.15) is 23.9 Å². The predicted octanol–water partition coefficient (Wildman–Crippen LogP) is 3.95. The van der Waals surface area contributed by atoms with Crippen molar-refractivity contribution in [3.8, 4) is 5.75 Å². The van der Waals surface area contributed by atoms with Crippen molar-refractivity contribution in [1.29, 1.82) is 0 Å². The standard InChI is InChI=1S/C18H19NO3/c1-2-6-16(7-3-1)22-13-10-19(14-17-8-4-11-20-17)15-18-9-5-12-21-18/h1-9,11-12H,10,13-15H2. The van der Waals surface area contributed by atoms with Crippen LogP contribution < -0.4 is 4.74 Å². The lowest BCUT2D eigenvalue weighted by Gasteiger charge is -2.20. The van der Waals surface area contributed by atoms with Crippen molar-refractivity contribution in [3.05, 3.63) is 78.6 Å². The molecule has 0 radical (unpaired) electrons. The quantitative estimate of drug-likeness (QED) is 0.631. The smallest absolute Gasteiger partial charge is 0.119 e. The van der Waals surface area contributed by atoms with Crippen LogP contribution in [-0.2, 0) is 13.1 Å². The highest BCUT2D eigenvalue weighted by Crippen LogP contribution is 2.12. The molecule has 0 aliphatic rings. The minimum absolute atomic E-state index is 0.616. The topological polar surface area (TPSA) is 38.8 Å². The van der Waals surface area contributed by atoms with Gasteiger partial charge in [0.15, 0.2) is 0 Å². The van der Waals surface area contributed by atoms with Gasteiger partial charge in [0, 0.05) is 6.54 Å². The zero-order valence-corrected chi connectivity index (χ0v) is 12.4. The lowest BCUT2D eigenvalue weighted by molar-refractivity contribution is 0.175. The molecule has 114 valence electrons. The molecule has 2 aromatic heterocycles. The SMILES string of the molecule is c1ccc(OCCN(Cc2ccco2)Cc2ccco2)cc1. The van der Waals surface area contributed by atoms with E-state index >= 15 is 0 Å². The van der Waals surface area contributed by atoms with Crippen LogP contribution in [0, 0.1) is 0 Å². The molecule has 0 N–H and O–H groups in total. The molecule has 4 nitrogen and oxygen atoms in total. The minimum Gasteiger partial charge on any atom is -0.492 e. The summed E-state index contributed by atoms with van der Waals surface area (Å²) in [5.74, 6) is 2.76. The Balaban J connectivity index is 1.55. The Kier molecular flexibility index (Phi) is 4.95. The summed E-state index contributed by atoms with van der Waals surface area (Å²) >= 11 is 0. The second-order valence-electron chi connectivity index (χ2n) is 5.03. The van der Waals surface area contributed by atoms with E-state index in [1.54, 1.807) is 12.5 Å². The molecule has 0 bridgehead atoms. The average Bonchev–Trinajstić information content (AvgIpc) is 3.22. The Morgan fingerprint density at radius 2 is 1.41 bits per heavy atom. The number of nitrogens with zero attached hydrogens (tertiary/aromatic N) is 1. The molecule has 1 aromatic carbocycles. The van der Waals surface area contributed by atoms with Gasteiger partial charge < -0.3 is 13.6 Å². The Morgan fingerprint density at radius 3 is 1.95 bits per heavy atom. The summed E-state index contributed by atoms with van der Waals surface area (Å²) in [7, 11) is 0. The molecule has 3 aromatic rings. The fraction of sp³-hybridized carbons (Fsp3) is 0.222. The van der Waals surface area contributed by atoms with Crippen LogP contribution >= 0.6 is 0 Å². The third-order valence-corrected chi connectivity index (χ3v) is 3.34. The van der Waals surface area contributed by atoms with E-state index < -0.39 is 0 Å². The summed E-state index contributed by atoms with van der Waals surface area (Å²) in [6.45, 7) is 2.86. The lowest BCUT2D eigenvalue weighted by atomic mass is 10.3. The predicted molar refractivity (Wildman–Crippen MR) is 83.5 cm³/mol. The van der Waals surface area contributed by atoms with E-state index in [4.69, 9.17) is 13.6 Å². The van der Waals surface area contributed by atoms with Gasteiger partial charge in [0.2, 0.25) is 0 Å². The van der Waals surface area contributed by atoms with E-state index in [1.165, 1.54) is 0 Å². The van der Waals surface area contributed by atoms with Crippen LogP contribution in [0.4, 0.5) is 0 Å². The molecule has 22 heavy (non-hydrogen) atoms. The van der Waals surface area contributed by atoms with Crippen LogP contribution in [0.15, 0.2) is 76.0 Å². The molecule has 0 aliphatic carbocycles. The fourth-order valence-corrected chi connectivity index (χ4v) is 2.27. The second-order valence-corrected chi connectivity index (χ2v) is 5.03. The summed E-state index contributed by atoms with van der Waals surface area (Å²) in [5, 5.41) is 0. The minimum atomic E-state index is 0.616. The van der Waals surface area contributed by atoms with E-state index in [9.17, 15) is 0 Å². The molecule has 0 saturated carbocycles. The van der Waals surface area contributed by atoms with Crippen molar-refractivity contribution in [2.24, 2.45) is 0 Å². The number of ether oxygens (including phenoxy) is 1. The summed E-state index contributed by atoms with van der Waals surface area (Å²) < 4.78 is 16.6. The first-order chi connectivity index (χ1) is 10.9. The summed E-state index contributed by atoms with van der Waals surface area (Å²) in [6.07, 6.45) is 3.39. The number of para-hydroxylation sites is 1. The summed E-state index contributed by atoms with van der Waals surface area (Å²) in [4.78, 5) is 2.24. The molecule has 0 aliphatic heterocycles. The van der Waals surface area contributed by atoms with Crippen molar-refractivity contribution in [2.75, 3.05) is 13.2 Å². The van der Waals surface area contributed by atoms with Crippen LogP contribution in [0.25, 0.3) is 0 Å². The van der Waals surface area contributed by atoms with Crippen molar-refractivity contribution in [3.63, 3.8) is 0 Å². The zero-order chi connectivity index (χ0) is 15.0. The van der Waals surface area contributed by atoms with Crippen LogP contribution in [0.2, 0.25) is 0 Å². The van der Waals surface area contributed by atoms with Crippen LogP contribution in [0.5, 0.6) is 5.75 Å². The van der Waals surface area contributed by atoms with E-state index in [1.807, 2.05) is 54.6 Å². The maximum atomic E-state index is 5.77. The van der Waals surface area contributed by atoms with Crippen molar-refractivity contribution in [1.82, 2.24) is 4.90 Å². The molecule has 4 heteroatoms. The van der Waals surface area contributed by atoms with Gasteiger partial charge in [-0.15, -0.1) is 0 Å². The van der Waals surface area contributed by atoms with E-state index in [0.717, 1.165) is 36.9 Å². The number of hydrogen-bond donors (Lipinski definition) is 0. The molecule has 0 atom stereocenters. The highest BCUT2D eigenvalue weighted by atomic mass is 16.5. The Labute approximate surface area is 129 Å². The maximum Gasteiger partial charge on any atom is 0.119 e. The van der Waals surface area contributed by atoms with Crippen molar-refractivity contribution < 1.29 is 13.6 Å². The van der Waals surface area contributed by atoms with Crippen molar-refractivity contribution in [2.45, 2.75) is 13.1 Å². The number of furan rings is 2. The fourth-order valence-electron chi connectivity index (χ4n) is 2.27. The third kappa shape index (κ3) is 4.27. The zero-order valence-electron chi connectivity index (χ0n) is 12.4. The maximum absolute atomic E-state index is 5.77. The van der Waals surface area contributed by atoms with Crippen LogP contribution in [0.3, 0.4) is 0 Å². The molecule has 0 fully saturated rings. The Morgan fingerprint density at radius 1 is 0.773 bits per heavy atom. The molecular formula is C18H19NO3. The first kappa shape index (κ1) is 14.5. The van der Waals surface area contributed by atoms with Gasteiger partial charge in [-0.05, 0) is 36.4 Å². The molecule has 0 unspecified atom stereocenters. The van der Waals surface area contributed by atoms with Crippen LogP contribution in [-0.4, -0.2) is 18.1 Å². The summed E-state index contributed by atoms with van der Waals surface area (Å²) in [6, 6.07) is 17.6. The molecular weight excluding hydrogens is 278 g/mol. The van der Waals surface area contributed by atoms with Gasteiger partial charge in [0.05, 0.1) is 25.6 Å². The lowest BCUT2D eigenvalue weighted by Crippen LogP contribution is -2.27. The van der Waals surface area contributed by atoms with Gasteiger partial charge in [0.25, 0.3) is 0 Å². The normalized spacial score (nSPS) is 11.0. The summed E-state index contributed by atoms with van der Waals surface area (Å²) in [5.41, 5.74) is 0. The second kappa shape index (κ2) is 7.52. The highest BCUT2D eigenvalue weighted by molar-refractivity contribution is 5.20. The highest BCUT2D eigenvalue weighted by Gasteiger charge is 2.10. The molecule has 2 heterocycles. The van der Waals surface area contributed by atoms with Gasteiger partial charge >= 0.3 is 0 Å².